The standard InChI is InChI=1S/C72H104N14O20/c1-29(2)19-45-57(91)81-53(35(13)87)63(97)83-49(61(95)79-51(31(5)6)67(101)105-55(33(9)10)65(99)85-47(59(93)75-45)23-39(89)27-73-85)25-71(103)41-21-37(15-17-43(41)77-69(71)83)38-16-18-44-42(22-38)72(104)26-50-62(96)80-52(32(7)8)68(102)106-56(34(11)12)66(100)86-48(24-40(90)28-74-86)60(94)76-46(20-30(3)4)58(92)82-54(36(14)88)64(98)84(50)70(72)78-44/h15-18,21-22,29-36,39-40,45-56,69-70,73-74,77-78,87-90,103-104H,19-20,23-28H2,1-14H3,(H,75,93)(H,76,94)(H,79,95)(H,80,96)(H,81,91)(H,82,92)/t35-,36-,39+,40+,45-,46-,47+,48+,49+,50+,51+,52+,53+,54+,55-,56-,69-,70-,71+,72+/m0/s1/i73+1,74+1,75+1,76+1,77+1,78+1,79+1,80+1,81+1,82+1,83+1,84+1,85+1,86+1. The molecule has 0 radical (unpaired) electrons. The van der Waals surface area contributed by atoms with Crippen LogP contribution in [0, 0.1) is 35.5 Å². The molecular weight excluding hydrogens is 1390 g/mol. The van der Waals surface area contributed by atoms with Crippen LogP contribution < -0.4 is 53.4 Å². The minimum absolute atomic E-state index is 0.0334. The first-order valence-electron chi connectivity index (χ1n) is 36.7. The van der Waals surface area contributed by atoms with Gasteiger partial charge >= 0.3 is 11.9 Å². The quantitative estimate of drug-likeness (QED) is 0.0824. The molecule has 0 spiro atoms. The summed E-state index contributed by atoms with van der Waals surface area (Å²) in [6.07, 6.45) is -13.7. The van der Waals surface area contributed by atoms with Gasteiger partial charge in [0.05, 0.1) is 24.4 Å². The van der Waals surface area contributed by atoms with Gasteiger partial charge in [-0.05, 0) is 97.6 Å². The number of rotatable bonds is 11. The molecule has 8 aliphatic heterocycles. The Balaban J connectivity index is 1.01. The summed E-state index contributed by atoms with van der Waals surface area (Å²) in [6, 6.07) is -6.29. The number of nitrogens with one attached hydrogen (secondary N) is 10. The van der Waals surface area contributed by atoms with Gasteiger partial charge in [-0.25, -0.2) is 20.4 Å². The fourth-order valence-electron chi connectivity index (χ4n) is 15.5. The Labute approximate surface area is 614 Å². The van der Waals surface area contributed by atoms with Crippen LogP contribution in [0.15, 0.2) is 36.4 Å². The largest absolute Gasteiger partial charge is 0.450 e. The predicted molar refractivity (Wildman–Crippen MR) is 376 cm³/mol. The number of fused-ring (bicyclic) bond motifs is 12. The maximum Gasteiger partial charge on any atom is 0.329 e. The highest BCUT2D eigenvalue weighted by Crippen LogP contribution is 2.53. The molecule has 8 heterocycles. The van der Waals surface area contributed by atoms with E-state index in [0.29, 0.717) is 11.1 Å². The highest BCUT2D eigenvalue weighted by atomic mass is 16.6. The number of benzene rings is 2. The van der Waals surface area contributed by atoms with Crippen molar-refractivity contribution in [3.8, 4) is 11.1 Å². The van der Waals surface area contributed by atoms with Crippen LogP contribution in [0.5, 0.6) is 0 Å². The van der Waals surface area contributed by atoms with E-state index in [1.54, 1.807) is 119 Å². The summed E-state index contributed by atoms with van der Waals surface area (Å²) in [5.41, 5.74) is 2.62. The van der Waals surface area contributed by atoms with Crippen LogP contribution in [0.2, 0.25) is 0 Å². The number of aliphatic hydroxyl groups excluding tert-OH is 4. The Morgan fingerprint density at radius 3 is 1.07 bits per heavy atom. The van der Waals surface area contributed by atoms with Crippen LogP contribution in [0.4, 0.5) is 11.4 Å². The van der Waals surface area contributed by atoms with Gasteiger partial charge in [0.25, 0.3) is 11.8 Å². The molecule has 2 aromatic rings. The number of cyclic esters (lactones) is 2. The molecule has 6 saturated heterocycles. The van der Waals surface area contributed by atoms with Crippen LogP contribution in [-0.4, -0.2) is 244 Å². The number of ether oxygens (including phenoxy) is 2. The third-order valence-electron chi connectivity index (χ3n) is 21.2. The number of β-amino-alcohol motifs (C(OH)–C–C–N with tert-alkyl or cyclic N) is 2. The Hall–Kier alpha value is -8.64. The number of carbonyl (C=O) groups is 12. The molecule has 8 aliphatic rings. The van der Waals surface area contributed by atoms with E-state index >= 15 is 19.2 Å². The molecule has 6 fully saturated rings. The van der Waals surface area contributed by atoms with Crippen molar-refractivity contribution in [3.63, 3.8) is 0 Å². The highest BCUT2D eigenvalue weighted by molar-refractivity contribution is 6.01. The molecule has 0 bridgehead atoms. The predicted octanol–water partition coefficient (Wildman–Crippen LogP) is -2.40. The molecule has 20 atom stereocenters. The van der Waals surface area contributed by atoms with Gasteiger partial charge < -0.3 is 92.4 Å². The van der Waals surface area contributed by atoms with E-state index in [4.69, 9.17) is 9.47 Å². The number of anilines is 2. The van der Waals surface area contributed by atoms with E-state index < -0.39 is 228 Å². The Morgan fingerprint density at radius 1 is 0.425 bits per heavy atom. The first-order chi connectivity index (χ1) is 49.7. The molecule has 10 rings (SSSR count). The molecule has 0 saturated carbocycles. The van der Waals surface area contributed by atoms with Gasteiger partial charge in [-0.2, -0.15) is 0 Å². The van der Waals surface area contributed by atoms with E-state index in [1.165, 1.54) is 13.8 Å². The highest BCUT2D eigenvalue weighted by Gasteiger charge is 2.64. The summed E-state index contributed by atoms with van der Waals surface area (Å²) in [4.78, 5) is 180. The van der Waals surface area contributed by atoms with Crippen molar-refractivity contribution in [1.82, 2.24) is 62.6 Å². The average molecular weight is 1500 g/mol. The van der Waals surface area contributed by atoms with Gasteiger partial charge in [0, 0.05) is 61.3 Å². The van der Waals surface area contributed by atoms with E-state index in [1.807, 2.05) is 0 Å². The number of hydrazine groups is 2. The SMILES string of the molecule is CC(C)C[C@@H]1[15NH]C(=O)[C@H]2C[C@@H](O)C[15NH][15N]2C(=O)[C@H](C(C)C)OC(=O)[C@@H](C(C)C)[15NH]C(=O)[C@H]2C[C@@]3(O)c4cc(-c5ccc6c(c5)[C@]5(O)C[C@@H]7C(=O)[15NH][C@H](C(C)C)C(=O)O[C@@H](C(C)C)C(=O)[15N]8[15NH]C[C@H](O)C[C@@H]8C(=O)[15NH][C@@H](CC(C)C)C(=O)[15NH][C@H]([C@H](C)O)C(=O)[15N]7[C@@H]5[15NH]6)ccc4[15NH][C@H]3[15N]2C(=O)[C@@H]([C@H](C)O)[15NH]C1=O. The van der Waals surface area contributed by atoms with Crippen molar-refractivity contribution < 1.29 is 97.6 Å². The summed E-state index contributed by atoms with van der Waals surface area (Å²) in [5.74, 6) is -15.1. The summed E-state index contributed by atoms with van der Waals surface area (Å²) in [5, 5.41) is 95.6. The lowest BCUT2D eigenvalue weighted by atomic mass is 9.86. The molecule has 2 aromatic carbocycles. The van der Waals surface area contributed by atoms with Gasteiger partial charge in [0.1, 0.15) is 84.0 Å². The van der Waals surface area contributed by atoms with Gasteiger partial charge in [-0.1, -0.05) is 95.2 Å². The molecule has 0 aliphatic carbocycles. The van der Waals surface area contributed by atoms with Crippen molar-refractivity contribution in [2.75, 3.05) is 23.7 Å². The fraction of sp³-hybridized carbons (Fsp3) is 0.667. The zero-order chi connectivity index (χ0) is 77.9. The van der Waals surface area contributed by atoms with E-state index in [9.17, 15) is 69.0 Å². The smallest absolute Gasteiger partial charge is 0.329 e. The van der Waals surface area contributed by atoms with Crippen LogP contribution in [0.25, 0.3) is 11.1 Å². The van der Waals surface area contributed by atoms with Crippen molar-refractivity contribution in [3.05, 3.63) is 47.5 Å². The second-order valence-corrected chi connectivity index (χ2v) is 31.8. The molecule has 106 heavy (non-hydrogen) atoms. The van der Waals surface area contributed by atoms with Crippen LogP contribution >= 0.6 is 0 Å². The molecule has 10 amide bonds. The lowest BCUT2D eigenvalue weighted by molar-refractivity contribution is -0.172. The van der Waals surface area contributed by atoms with Gasteiger partial charge in [0.2, 0.25) is 47.3 Å². The third-order valence-corrected chi connectivity index (χ3v) is 21.2. The van der Waals surface area contributed by atoms with Crippen LogP contribution in [0.1, 0.15) is 147 Å². The van der Waals surface area contributed by atoms with Gasteiger partial charge in [0.15, 0.2) is 12.2 Å². The van der Waals surface area contributed by atoms with E-state index in [-0.39, 0.29) is 73.1 Å². The number of esters is 2. The lowest BCUT2D eigenvalue weighted by Crippen LogP contribution is -2.67. The number of hydrogen-bond donors (Lipinski definition) is 16. The van der Waals surface area contributed by atoms with E-state index in [0.717, 1.165) is 19.8 Å². The Bertz CT molecular complexity index is 3540. The molecule has 582 valence electrons. The minimum Gasteiger partial charge on any atom is -0.450 e. The summed E-state index contributed by atoms with van der Waals surface area (Å²) in [7, 11) is 0. The lowest BCUT2D eigenvalue weighted by Gasteiger charge is -2.40. The number of aliphatic hydroxyl groups is 6. The molecule has 34 heteroatoms. The molecule has 0 unspecified atom stereocenters. The van der Waals surface area contributed by atoms with Crippen molar-refractivity contribution in [1.29, 1.82) is 0 Å². The number of amides is 10. The van der Waals surface area contributed by atoms with Crippen LogP contribution in [-0.2, 0) is 78.2 Å². The number of nitrogens with zero attached hydrogens (tertiary/aromatic N) is 4. The maximum absolute atomic E-state index is 15.5. The third kappa shape index (κ3) is 15.6. The maximum atomic E-state index is 15.5. The first-order valence-corrected chi connectivity index (χ1v) is 36.7. The topological polar surface area (TPSA) is 478 Å². The zero-order valence-corrected chi connectivity index (χ0v) is 62.2. The zero-order valence-electron chi connectivity index (χ0n) is 62.2. The summed E-state index contributed by atoms with van der Waals surface area (Å²) < 4.78 is 11.9. The molecule has 0 aromatic heterocycles. The molecular formula is C72H104N14O20. The first kappa shape index (κ1) is 79.9. The second-order valence-electron chi connectivity index (χ2n) is 31.8. The minimum atomic E-state index is -2.21. The summed E-state index contributed by atoms with van der Waals surface area (Å²) >= 11 is 0. The number of carbonyl (C=O) groups excluding carboxylic acids is 12. The van der Waals surface area contributed by atoms with Gasteiger partial charge in [-0.3, -0.25) is 58.0 Å². The Kier molecular flexibility index (Phi) is 23.6. The molecule has 16 N–H and O–H groups in total. The van der Waals surface area contributed by atoms with Crippen molar-refractivity contribution in [2.45, 2.75) is 256 Å². The monoisotopic (exact) mass is 1500 g/mol. The Morgan fingerprint density at radius 2 is 0.755 bits per heavy atom. The van der Waals surface area contributed by atoms with E-state index in [2.05, 4.69) is 53.4 Å². The fourth-order valence-corrected chi connectivity index (χ4v) is 15.5. The number of hydrogen-bond acceptors (Lipinski definition) is 24. The van der Waals surface area contributed by atoms with Crippen molar-refractivity contribution in [2.24, 2.45) is 35.5 Å². The van der Waals surface area contributed by atoms with Crippen molar-refractivity contribution >= 4 is 82.4 Å². The average Bonchev–Trinajstić information content (AvgIpc) is 1.55. The van der Waals surface area contributed by atoms with Crippen LogP contribution in [0.3, 0.4) is 0 Å². The second kappa shape index (κ2) is 31.3. The van der Waals surface area contributed by atoms with Gasteiger partial charge in [-0.15, -0.1) is 0 Å². The summed E-state index contributed by atoms with van der Waals surface area (Å²) in [6.45, 7) is 21.9. The molecule has 34 nitrogen and oxygen atoms in total. The normalized spacial score (nSPS) is 33.7.